The molecule has 0 aliphatic rings. The van der Waals surface area contributed by atoms with Crippen LogP contribution in [0.25, 0.3) is 0 Å². The Morgan fingerprint density at radius 2 is 2.16 bits per heavy atom. The molecule has 6 heteroatoms. The van der Waals surface area contributed by atoms with Crippen LogP contribution in [0.2, 0.25) is 0 Å². The predicted molar refractivity (Wildman–Crippen MR) is 80.8 cm³/mol. The van der Waals surface area contributed by atoms with Gasteiger partial charge in [0.2, 0.25) is 0 Å². The molecule has 0 aliphatic carbocycles. The third-order valence-corrected chi connectivity index (χ3v) is 3.18. The van der Waals surface area contributed by atoms with Crippen LogP contribution < -0.4 is 10.6 Å². The summed E-state index contributed by atoms with van der Waals surface area (Å²) in [5.74, 6) is 1.63. The lowest BCUT2D eigenvalue weighted by Gasteiger charge is -2.06. The fraction of sp³-hybridized carbons (Fsp3) is 0.615. The van der Waals surface area contributed by atoms with E-state index in [-0.39, 0.29) is 5.91 Å². The lowest BCUT2D eigenvalue weighted by molar-refractivity contribution is 0.0948. The van der Waals surface area contributed by atoms with E-state index in [2.05, 4.69) is 33.8 Å². The van der Waals surface area contributed by atoms with Gasteiger partial charge in [-0.05, 0) is 31.3 Å². The van der Waals surface area contributed by atoms with Crippen molar-refractivity contribution in [1.82, 2.24) is 15.3 Å². The van der Waals surface area contributed by atoms with Crippen LogP contribution in [0.15, 0.2) is 12.4 Å². The fourth-order valence-electron chi connectivity index (χ4n) is 1.48. The molecule has 0 aliphatic heterocycles. The normalized spacial score (nSPS) is 10.2. The van der Waals surface area contributed by atoms with Crippen molar-refractivity contribution in [3.05, 3.63) is 18.1 Å². The predicted octanol–water partition coefficient (Wildman–Crippen LogP) is 2.17. The molecule has 0 unspecified atom stereocenters. The zero-order valence-corrected chi connectivity index (χ0v) is 12.4. The van der Waals surface area contributed by atoms with Crippen LogP contribution in [0.4, 0.5) is 5.82 Å². The van der Waals surface area contributed by atoms with Crippen molar-refractivity contribution in [2.45, 2.75) is 26.2 Å². The molecule has 0 atom stereocenters. The van der Waals surface area contributed by atoms with E-state index in [1.165, 1.54) is 6.20 Å². The number of unbranched alkanes of at least 4 members (excludes halogenated alkanes) is 1. The highest BCUT2D eigenvalue weighted by molar-refractivity contribution is 7.98. The Labute approximate surface area is 119 Å². The third-order valence-electron chi connectivity index (χ3n) is 2.48. The van der Waals surface area contributed by atoms with E-state index in [4.69, 9.17) is 0 Å². The van der Waals surface area contributed by atoms with Crippen LogP contribution >= 0.6 is 11.8 Å². The Balaban J connectivity index is 2.38. The number of anilines is 1. The number of amides is 1. The first-order valence-electron chi connectivity index (χ1n) is 6.61. The van der Waals surface area contributed by atoms with Gasteiger partial charge in [-0.3, -0.25) is 9.78 Å². The van der Waals surface area contributed by atoms with Gasteiger partial charge in [-0.1, -0.05) is 6.92 Å². The van der Waals surface area contributed by atoms with E-state index in [0.717, 1.165) is 31.6 Å². The van der Waals surface area contributed by atoms with Crippen molar-refractivity contribution < 1.29 is 4.79 Å². The van der Waals surface area contributed by atoms with E-state index in [1.807, 2.05) is 11.8 Å². The lowest BCUT2D eigenvalue weighted by atomic mass is 10.3. The Morgan fingerprint density at radius 1 is 1.32 bits per heavy atom. The SMILES string of the molecule is CCCNc1cncc(C(=O)NCCCCSC)n1. The summed E-state index contributed by atoms with van der Waals surface area (Å²) in [6.45, 7) is 3.59. The minimum Gasteiger partial charge on any atom is -0.369 e. The molecule has 0 radical (unpaired) electrons. The van der Waals surface area contributed by atoms with Gasteiger partial charge in [-0.15, -0.1) is 0 Å². The number of nitrogens with one attached hydrogen (secondary N) is 2. The summed E-state index contributed by atoms with van der Waals surface area (Å²) >= 11 is 1.82. The van der Waals surface area contributed by atoms with E-state index >= 15 is 0 Å². The standard InChI is InChI=1S/C13H22N4OS/c1-3-6-15-12-10-14-9-11(17-12)13(18)16-7-4-5-8-19-2/h9-10H,3-8H2,1-2H3,(H,15,17)(H,16,18). The summed E-state index contributed by atoms with van der Waals surface area (Å²) in [5, 5.41) is 5.98. The van der Waals surface area contributed by atoms with Crippen molar-refractivity contribution in [1.29, 1.82) is 0 Å². The average Bonchev–Trinajstić information content (AvgIpc) is 2.45. The molecular formula is C13H22N4OS. The molecule has 0 fully saturated rings. The first kappa shape index (κ1) is 15.8. The van der Waals surface area contributed by atoms with Gasteiger partial charge in [0, 0.05) is 13.1 Å². The molecule has 1 heterocycles. The number of nitrogens with zero attached hydrogens (tertiary/aromatic N) is 2. The molecule has 106 valence electrons. The van der Waals surface area contributed by atoms with E-state index in [9.17, 15) is 4.79 Å². The molecule has 0 spiro atoms. The highest BCUT2D eigenvalue weighted by atomic mass is 32.2. The Hall–Kier alpha value is -1.30. The van der Waals surface area contributed by atoms with Gasteiger partial charge in [0.15, 0.2) is 0 Å². The first-order chi connectivity index (χ1) is 9.27. The summed E-state index contributed by atoms with van der Waals surface area (Å²) < 4.78 is 0. The van der Waals surface area contributed by atoms with Crippen molar-refractivity contribution in [2.24, 2.45) is 0 Å². The van der Waals surface area contributed by atoms with Crippen LogP contribution in [0, 0.1) is 0 Å². The fourth-order valence-corrected chi connectivity index (χ4v) is 1.97. The van der Waals surface area contributed by atoms with Crippen molar-refractivity contribution in [3.63, 3.8) is 0 Å². The highest BCUT2D eigenvalue weighted by Gasteiger charge is 2.07. The lowest BCUT2D eigenvalue weighted by Crippen LogP contribution is -2.26. The minimum absolute atomic E-state index is 0.156. The molecule has 2 N–H and O–H groups in total. The van der Waals surface area contributed by atoms with E-state index in [1.54, 1.807) is 6.20 Å². The second-order valence-electron chi connectivity index (χ2n) is 4.17. The van der Waals surface area contributed by atoms with Gasteiger partial charge in [0.05, 0.1) is 12.4 Å². The minimum atomic E-state index is -0.156. The number of carbonyl (C=O) groups is 1. The Kier molecular flexibility index (Phi) is 7.97. The zero-order valence-electron chi connectivity index (χ0n) is 11.6. The van der Waals surface area contributed by atoms with Gasteiger partial charge in [-0.25, -0.2) is 4.98 Å². The summed E-state index contributed by atoms with van der Waals surface area (Å²) in [7, 11) is 0. The quantitative estimate of drug-likeness (QED) is 0.680. The van der Waals surface area contributed by atoms with Crippen LogP contribution in [-0.4, -0.2) is 41.0 Å². The summed E-state index contributed by atoms with van der Waals surface area (Å²) in [6, 6.07) is 0. The van der Waals surface area contributed by atoms with Gasteiger partial charge in [0.1, 0.15) is 11.5 Å². The maximum Gasteiger partial charge on any atom is 0.271 e. The monoisotopic (exact) mass is 282 g/mol. The molecular weight excluding hydrogens is 260 g/mol. The highest BCUT2D eigenvalue weighted by Crippen LogP contribution is 2.03. The van der Waals surface area contributed by atoms with Gasteiger partial charge >= 0.3 is 0 Å². The van der Waals surface area contributed by atoms with Crippen molar-refractivity contribution in [3.8, 4) is 0 Å². The molecule has 1 rings (SSSR count). The smallest absolute Gasteiger partial charge is 0.271 e. The van der Waals surface area contributed by atoms with Crippen molar-refractivity contribution >= 4 is 23.5 Å². The van der Waals surface area contributed by atoms with Crippen LogP contribution in [-0.2, 0) is 0 Å². The zero-order chi connectivity index (χ0) is 13.9. The number of hydrogen-bond acceptors (Lipinski definition) is 5. The Bertz CT molecular complexity index is 387. The molecule has 0 saturated carbocycles. The maximum atomic E-state index is 11.9. The van der Waals surface area contributed by atoms with E-state index < -0.39 is 0 Å². The van der Waals surface area contributed by atoms with Crippen LogP contribution in [0.1, 0.15) is 36.7 Å². The molecule has 1 aromatic rings. The molecule has 0 saturated heterocycles. The van der Waals surface area contributed by atoms with Gasteiger partial charge < -0.3 is 10.6 Å². The molecule has 1 amide bonds. The topological polar surface area (TPSA) is 66.9 Å². The number of rotatable bonds is 9. The van der Waals surface area contributed by atoms with Crippen LogP contribution in [0.5, 0.6) is 0 Å². The Morgan fingerprint density at radius 3 is 2.89 bits per heavy atom. The van der Waals surface area contributed by atoms with Crippen molar-refractivity contribution in [2.75, 3.05) is 30.4 Å². The molecule has 0 bridgehead atoms. The summed E-state index contributed by atoms with van der Waals surface area (Å²) in [5.41, 5.74) is 0.367. The molecule has 19 heavy (non-hydrogen) atoms. The number of hydrogen-bond donors (Lipinski definition) is 2. The molecule has 0 aromatic carbocycles. The molecule has 5 nitrogen and oxygen atoms in total. The van der Waals surface area contributed by atoms with Gasteiger partial charge in [0.25, 0.3) is 5.91 Å². The summed E-state index contributed by atoms with van der Waals surface area (Å²) in [6.07, 6.45) is 8.33. The molecule has 1 aromatic heterocycles. The average molecular weight is 282 g/mol. The van der Waals surface area contributed by atoms with Crippen LogP contribution in [0.3, 0.4) is 0 Å². The number of carbonyl (C=O) groups excluding carboxylic acids is 1. The maximum absolute atomic E-state index is 11.9. The second-order valence-corrected chi connectivity index (χ2v) is 5.16. The first-order valence-corrected chi connectivity index (χ1v) is 8.00. The number of thioether (sulfide) groups is 1. The van der Waals surface area contributed by atoms with Gasteiger partial charge in [-0.2, -0.15) is 11.8 Å². The summed E-state index contributed by atoms with van der Waals surface area (Å²) in [4.78, 5) is 20.1. The third kappa shape index (κ3) is 6.42. The second kappa shape index (κ2) is 9.61. The van der Waals surface area contributed by atoms with E-state index in [0.29, 0.717) is 18.1 Å². The largest absolute Gasteiger partial charge is 0.369 e. The number of aromatic nitrogens is 2.